The molecule has 8 heteroatoms. The third-order valence-electron chi connectivity index (χ3n) is 8.70. The highest BCUT2D eigenvalue weighted by Gasteiger charge is 2.13. The zero-order valence-corrected chi connectivity index (χ0v) is 28.9. The maximum atomic E-state index is 9.38. The van der Waals surface area contributed by atoms with Gasteiger partial charge in [0.15, 0.2) is 0 Å². The Morgan fingerprint density at radius 2 is 0.958 bits per heavy atom. The molecule has 48 heavy (non-hydrogen) atoms. The number of pyridine rings is 2. The Morgan fingerprint density at radius 1 is 0.521 bits per heavy atom. The lowest BCUT2D eigenvalue weighted by atomic mass is 9.95. The molecule has 4 rings (SSSR count). The van der Waals surface area contributed by atoms with Gasteiger partial charge in [0.1, 0.15) is 11.5 Å². The topological polar surface area (TPSA) is 91.2 Å². The molecule has 0 bridgehead atoms. The van der Waals surface area contributed by atoms with E-state index in [4.69, 9.17) is 9.47 Å². The first-order chi connectivity index (χ1) is 23.6. The van der Waals surface area contributed by atoms with Gasteiger partial charge in [0.05, 0.1) is 13.2 Å². The van der Waals surface area contributed by atoms with Crippen molar-refractivity contribution in [3.05, 3.63) is 108 Å². The second-order valence-corrected chi connectivity index (χ2v) is 12.2. The van der Waals surface area contributed by atoms with E-state index < -0.39 is 0 Å². The molecule has 2 aromatic carbocycles. The van der Waals surface area contributed by atoms with Crippen LogP contribution in [0, 0.1) is 13.8 Å². The number of aliphatic hydroxyl groups excluding tert-OH is 2. The van der Waals surface area contributed by atoms with Crippen LogP contribution in [0.1, 0.15) is 48.2 Å². The number of aromatic nitrogens is 2. The molecule has 0 saturated carbocycles. The van der Waals surface area contributed by atoms with Crippen molar-refractivity contribution in [3.8, 4) is 22.6 Å². The molecule has 0 aliphatic rings. The van der Waals surface area contributed by atoms with Gasteiger partial charge in [-0.05, 0) is 98.2 Å². The Bertz CT molecular complexity index is 1340. The van der Waals surface area contributed by atoms with Gasteiger partial charge in [0, 0.05) is 89.1 Å². The Labute approximate surface area is 287 Å². The van der Waals surface area contributed by atoms with Crippen molar-refractivity contribution < 1.29 is 19.7 Å². The molecule has 0 spiro atoms. The van der Waals surface area contributed by atoms with Crippen molar-refractivity contribution in [1.29, 1.82) is 0 Å². The van der Waals surface area contributed by atoms with Crippen LogP contribution in [0.2, 0.25) is 0 Å². The molecule has 0 amide bonds. The van der Waals surface area contributed by atoms with Gasteiger partial charge in [-0.25, -0.2) is 0 Å². The molecule has 8 nitrogen and oxygen atoms in total. The van der Waals surface area contributed by atoms with Crippen molar-refractivity contribution in [1.82, 2.24) is 19.8 Å². The standard InChI is InChI=1S/C40H54N4O4/c1-33-37(15-7-17-39(33)47-31-11-25-43(23-9-29-45)27-19-35-13-3-5-21-41-35)38-16-8-18-40(34(38)2)48-32-12-26-44(24-10-30-46)28-20-36-14-4-6-22-42-36/h3-8,13-18,21-22,45-46H,9-12,19-20,23-32H2,1-2H3. The van der Waals surface area contributed by atoms with E-state index in [0.29, 0.717) is 13.2 Å². The number of hydrogen-bond acceptors (Lipinski definition) is 8. The van der Waals surface area contributed by atoms with Crippen LogP contribution in [0.3, 0.4) is 0 Å². The third kappa shape index (κ3) is 12.3. The predicted octanol–water partition coefficient (Wildman–Crippen LogP) is 6.15. The summed E-state index contributed by atoms with van der Waals surface area (Å²) in [4.78, 5) is 13.7. The van der Waals surface area contributed by atoms with Gasteiger partial charge in [0.2, 0.25) is 0 Å². The van der Waals surface area contributed by atoms with Crippen molar-refractivity contribution in [2.45, 2.75) is 52.4 Å². The van der Waals surface area contributed by atoms with Gasteiger partial charge >= 0.3 is 0 Å². The maximum absolute atomic E-state index is 9.38. The normalized spacial score (nSPS) is 11.4. The fraction of sp³-hybridized carbons (Fsp3) is 0.450. The van der Waals surface area contributed by atoms with E-state index in [-0.39, 0.29) is 13.2 Å². The molecule has 2 heterocycles. The lowest BCUT2D eigenvalue weighted by Gasteiger charge is -2.22. The number of aliphatic hydroxyl groups is 2. The van der Waals surface area contributed by atoms with E-state index in [9.17, 15) is 10.2 Å². The second kappa shape index (κ2) is 21.2. The van der Waals surface area contributed by atoms with Gasteiger partial charge in [-0.1, -0.05) is 36.4 Å². The van der Waals surface area contributed by atoms with Gasteiger partial charge in [0.25, 0.3) is 0 Å². The van der Waals surface area contributed by atoms with Crippen LogP contribution < -0.4 is 9.47 Å². The van der Waals surface area contributed by atoms with Gasteiger partial charge in [-0.2, -0.15) is 0 Å². The van der Waals surface area contributed by atoms with E-state index in [2.05, 4.69) is 82.1 Å². The molecule has 0 aliphatic heterocycles. The first kappa shape index (κ1) is 37.0. The third-order valence-corrected chi connectivity index (χ3v) is 8.70. The van der Waals surface area contributed by atoms with E-state index in [0.717, 1.165) is 123 Å². The monoisotopic (exact) mass is 654 g/mol. The lowest BCUT2D eigenvalue weighted by Crippen LogP contribution is -2.30. The molecule has 2 N–H and O–H groups in total. The summed E-state index contributed by atoms with van der Waals surface area (Å²) in [5.74, 6) is 1.81. The SMILES string of the molecule is Cc1c(OCCCN(CCCO)CCc2ccccn2)cccc1-c1cccc(OCCCN(CCCO)CCc2ccccn2)c1C. The summed E-state index contributed by atoms with van der Waals surface area (Å²) in [6.07, 6.45) is 8.81. The van der Waals surface area contributed by atoms with Crippen molar-refractivity contribution in [3.63, 3.8) is 0 Å². The summed E-state index contributed by atoms with van der Waals surface area (Å²) in [6, 6.07) is 24.6. The van der Waals surface area contributed by atoms with E-state index in [1.54, 1.807) is 0 Å². The molecule has 4 aromatic rings. The number of nitrogens with zero attached hydrogens (tertiary/aromatic N) is 4. The van der Waals surface area contributed by atoms with Gasteiger partial charge < -0.3 is 29.5 Å². The van der Waals surface area contributed by atoms with E-state index in [1.807, 2.05) is 36.7 Å². The summed E-state index contributed by atoms with van der Waals surface area (Å²) in [7, 11) is 0. The summed E-state index contributed by atoms with van der Waals surface area (Å²) < 4.78 is 12.6. The minimum atomic E-state index is 0.200. The zero-order chi connectivity index (χ0) is 33.8. The molecule has 0 saturated heterocycles. The Hall–Kier alpha value is -3.82. The fourth-order valence-electron chi connectivity index (χ4n) is 5.96. The molecule has 258 valence electrons. The zero-order valence-electron chi connectivity index (χ0n) is 28.9. The Morgan fingerprint density at radius 3 is 1.35 bits per heavy atom. The molecule has 0 unspecified atom stereocenters. The quantitative estimate of drug-likeness (QED) is 0.0921. The number of ether oxygens (including phenoxy) is 2. The van der Waals surface area contributed by atoms with Crippen LogP contribution in [-0.2, 0) is 12.8 Å². The number of hydrogen-bond donors (Lipinski definition) is 2. The average molecular weight is 655 g/mol. The van der Waals surface area contributed by atoms with Crippen molar-refractivity contribution in [2.75, 3.05) is 65.7 Å². The van der Waals surface area contributed by atoms with Crippen LogP contribution in [0.5, 0.6) is 11.5 Å². The smallest absolute Gasteiger partial charge is 0.122 e. The van der Waals surface area contributed by atoms with Crippen LogP contribution in [0.15, 0.2) is 85.2 Å². The van der Waals surface area contributed by atoms with Crippen LogP contribution in [0.4, 0.5) is 0 Å². The highest BCUT2D eigenvalue weighted by atomic mass is 16.5. The summed E-state index contributed by atoms with van der Waals surface area (Å²) in [6.45, 7) is 11.3. The lowest BCUT2D eigenvalue weighted by molar-refractivity contribution is 0.207. The molecule has 0 radical (unpaired) electrons. The van der Waals surface area contributed by atoms with Crippen molar-refractivity contribution >= 4 is 0 Å². The van der Waals surface area contributed by atoms with Crippen LogP contribution in [-0.4, -0.2) is 95.7 Å². The first-order valence-corrected chi connectivity index (χ1v) is 17.5. The van der Waals surface area contributed by atoms with Gasteiger partial charge in [-0.15, -0.1) is 0 Å². The first-order valence-electron chi connectivity index (χ1n) is 17.5. The highest BCUT2D eigenvalue weighted by Crippen LogP contribution is 2.35. The largest absolute Gasteiger partial charge is 0.493 e. The molecule has 2 aromatic heterocycles. The van der Waals surface area contributed by atoms with E-state index in [1.165, 1.54) is 0 Å². The number of rotatable bonds is 23. The predicted molar refractivity (Wildman–Crippen MR) is 194 cm³/mol. The summed E-state index contributed by atoms with van der Waals surface area (Å²) in [5.41, 5.74) is 6.73. The van der Waals surface area contributed by atoms with Crippen LogP contribution >= 0.6 is 0 Å². The Balaban J connectivity index is 1.28. The molecular formula is C40H54N4O4. The summed E-state index contributed by atoms with van der Waals surface area (Å²) >= 11 is 0. The Kier molecular flexibility index (Phi) is 16.4. The van der Waals surface area contributed by atoms with E-state index >= 15 is 0 Å². The van der Waals surface area contributed by atoms with Gasteiger partial charge in [-0.3, -0.25) is 9.97 Å². The second-order valence-electron chi connectivity index (χ2n) is 12.2. The summed E-state index contributed by atoms with van der Waals surface area (Å²) in [5, 5.41) is 18.8. The highest BCUT2D eigenvalue weighted by molar-refractivity contribution is 5.74. The molecule has 0 fully saturated rings. The molecular weight excluding hydrogens is 600 g/mol. The maximum Gasteiger partial charge on any atom is 0.122 e. The minimum Gasteiger partial charge on any atom is -0.493 e. The fourth-order valence-corrected chi connectivity index (χ4v) is 5.96. The molecule has 0 atom stereocenters. The van der Waals surface area contributed by atoms with Crippen LogP contribution in [0.25, 0.3) is 11.1 Å². The number of benzene rings is 2. The molecule has 0 aliphatic carbocycles. The minimum absolute atomic E-state index is 0.200. The van der Waals surface area contributed by atoms with Crippen molar-refractivity contribution in [2.24, 2.45) is 0 Å². The average Bonchev–Trinajstić information content (AvgIpc) is 3.12.